The number of aromatic nitrogens is 1. The number of urea groups is 2. The lowest BCUT2D eigenvalue weighted by Crippen LogP contribution is -2.48. The van der Waals surface area contributed by atoms with Gasteiger partial charge in [-0.1, -0.05) is 12.1 Å². The van der Waals surface area contributed by atoms with E-state index in [4.69, 9.17) is 18.7 Å². The zero-order chi connectivity index (χ0) is 36.4. The van der Waals surface area contributed by atoms with E-state index in [0.29, 0.717) is 46.6 Å². The van der Waals surface area contributed by atoms with Crippen LogP contribution in [0.5, 0.6) is 11.5 Å². The zero-order valence-electron chi connectivity index (χ0n) is 29.9. The van der Waals surface area contributed by atoms with Crippen LogP contribution in [0.3, 0.4) is 0 Å². The molecule has 4 N–H and O–H groups in total. The predicted molar refractivity (Wildman–Crippen MR) is 190 cm³/mol. The normalized spacial score (nSPS) is 19.3. The molecule has 0 fully saturated rings. The van der Waals surface area contributed by atoms with Gasteiger partial charge in [-0.3, -0.25) is 4.79 Å². The van der Waals surface area contributed by atoms with Crippen LogP contribution in [0.25, 0.3) is 0 Å². The molecule has 4 rings (SSSR count). The topological polar surface area (TPSA) is 168 Å². The lowest BCUT2D eigenvalue weighted by atomic mass is 10.0. The van der Waals surface area contributed by atoms with E-state index in [-0.39, 0.29) is 49.2 Å². The number of amides is 5. The SMILES string of the molecule is COc1ccc(NC(=O)N(C)C[C@@H]2OCCCC[C@H](C)Oc3ccc(NC(=O)Nc4c(C)noc4C)cc3C(=O)N([C@H](C)CO)C[C@@H]2C)cc1. The first-order valence-corrected chi connectivity index (χ1v) is 16.9. The standard InChI is InChI=1S/C36H50N6O8/c1-22-19-42(23(2)21-43)34(44)30-18-28(37-35(45)39-33-25(4)40-50-26(33)5)13-16-31(30)49-24(3)10-8-9-17-48-32(22)20-41(6)36(46)38-27-11-14-29(47-7)15-12-27/h11-16,18,22-24,32,43H,8-10,17,19-21H2,1-7H3,(H,38,46)(H2,37,39,45)/t22-,23+,24-,32-/m0/s1. The molecule has 14 heteroatoms. The third kappa shape index (κ3) is 10.1. The summed E-state index contributed by atoms with van der Waals surface area (Å²) < 4.78 is 23.0. The van der Waals surface area contributed by atoms with E-state index in [1.165, 1.54) is 0 Å². The van der Waals surface area contributed by atoms with Gasteiger partial charge in [0, 0.05) is 44.0 Å². The average Bonchev–Trinajstić information content (AvgIpc) is 3.41. The summed E-state index contributed by atoms with van der Waals surface area (Å²) in [6.07, 6.45) is 1.70. The van der Waals surface area contributed by atoms with Gasteiger partial charge in [0.05, 0.1) is 37.5 Å². The molecular weight excluding hydrogens is 644 g/mol. The Kier molecular flexibility index (Phi) is 13.5. The molecule has 2 aromatic carbocycles. The Hall–Kier alpha value is -4.82. The van der Waals surface area contributed by atoms with Gasteiger partial charge in [0.15, 0.2) is 5.76 Å². The van der Waals surface area contributed by atoms with Crippen molar-refractivity contribution in [2.24, 2.45) is 5.92 Å². The summed E-state index contributed by atoms with van der Waals surface area (Å²) in [6.45, 7) is 9.77. The van der Waals surface area contributed by atoms with Gasteiger partial charge in [0.1, 0.15) is 22.9 Å². The molecule has 0 unspecified atom stereocenters. The van der Waals surface area contributed by atoms with Gasteiger partial charge in [-0.2, -0.15) is 0 Å². The van der Waals surface area contributed by atoms with E-state index in [1.807, 2.05) is 13.8 Å². The van der Waals surface area contributed by atoms with Gasteiger partial charge in [-0.25, -0.2) is 9.59 Å². The number of aliphatic hydroxyl groups excluding tert-OH is 1. The van der Waals surface area contributed by atoms with Crippen molar-refractivity contribution >= 4 is 35.0 Å². The largest absolute Gasteiger partial charge is 0.497 e. The first kappa shape index (κ1) is 38.0. The predicted octanol–water partition coefficient (Wildman–Crippen LogP) is 5.90. The third-order valence-corrected chi connectivity index (χ3v) is 8.72. The van der Waals surface area contributed by atoms with E-state index >= 15 is 0 Å². The molecule has 1 aromatic heterocycles. The molecule has 0 aliphatic carbocycles. The molecule has 0 bridgehead atoms. The van der Waals surface area contributed by atoms with Crippen LogP contribution in [0.1, 0.15) is 61.8 Å². The Balaban J connectivity index is 1.57. The van der Waals surface area contributed by atoms with Crippen molar-refractivity contribution in [3.8, 4) is 11.5 Å². The second-order valence-electron chi connectivity index (χ2n) is 12.8. The highest BCUT2D eigenvalue weighted by atomic mass is 16.5. The molecule has 1 aliphatic rings. The number of hydrogen-bond donors (Lipinski definition) is 4. The number of benzene rings is 2. The molecule has 0 saturated heterocycles. The summed E-state index contributed by atoms with van der Waals surface area (Å²) in [4.78, 5) is 43.6. The molecule has 0 saturated carbocycles. The van der Waals surface area contributed by atoms with Gasteiger partial charge in [-0.15, -0.1) is 0 Å². The number of fused-ring (bicyclic) bond motifs is 1. The van der Waals surface area contributed by atoms with Crippen molar-refractivity contribution in [1.82, 2.24) is 15.0 Å². The number of aliphatic hydroxyl groups is 1. The van der Waals surface area contributed by atoms with Crippen LogP contribution in [0.15, 0.2) is 47.0 Å². The number of ether oxygens (including phenoxy) is 3. The van der Waals surface area contributed by atoms with Crippen LogP contribution in [-0.2, 0) is 4.74 Å². The lowest BCUT2D eigenvalue weighted by molar-refractivity contribution is -0.0115. The number of hydrogen-bond acceptors (Lipinski definition) is 9. The van der Waals surface area contributed by atoms with Crippen molar-refractivity contribution in [2.45, 2.75) is 72.1 Å². The number of nitrogens with zero attached hydrogens (tertiary/aromatic N) is 3. The Labute approximate surface area is 293 Å². The van der Waals surface area contributed by atoms with E-state index in [0.717, 1.165) is 19.3 Å². The number of methoxy groups -OCH3 is 1. The first-order valence-electron chi connectivity index (χ1n) is 16.9. The van der Waals surface area contributed by atoms with Crippen LogP contribution in [0.2, 0.25) is 0 Å². The maximum Gasteiger partial charge on any atom is 0.323 e. The monoisotopic (exact) mass is 694 g/mol. The molecule has 272 valence electrons. The van der Waals surface area contributed by atoms with E-state index in [1.54, 1.807) is 87.2 Å². The highest BCUT2D eigenvalue weighted by Crippen LogP contribution is 2.29. The molecule has 2 heterocycles. The lowest BCUT2D eigenvalue weighted by Gasteiger charge is -2.35. The summed E-state index contributed by atoms with van der Waals surface area (Å²) in [5.74, 6) is 0.911. The summed E-state index contributed by atoms with van der Waals surface area (Å²) in [6, 6.07) is 10.6. The number of anilines is 3. The summed E-state index contributed by atoms with van der Waals surface area (Å²) in [5, 5.41) is 22.5. The maximum absolute atomic E-state index is 14.4. The molecule has 0 radical (unpaired) electrons. The Morgan fingerprint density at radius 3 is 2.46 bits per heavy atom. The fourth-order valence-electron chi connectivity index (χ4n) is 5.65. The molecule has 1 aliphatic heterocycles. The van der Waals surface area contributed by atoms with Gasteiger partial charge < -0.3 is 49.6 Å². The summed E-state index contributed by atoms with van der Waals surface area (Å²) in [7, 11) is 3.28. The van der Waals surface area contributed by atoms with E-state index in [9.17, 15) is 19.5 Å². The smallest absolute Gasteiger partial charge is 0.323 e. The molecule has 0 spiro atoms. The number of nitrogens with one attached hydrogen (secondary N) is 3. The fraction of sp³-hybridized carbons (Fsp3) is 0.500. The van der Waals surface area contributed by atoms with Crippen molar-refractivity contribution < 1.29 is 38.2 Å². The highest BCUT2D eigenvalue weighted by Gasteiger charge is 2.31. The number of aryl methyl sites for hydroxylation is 2. The van der Waals surface area contributed by atoms with Crippen LogP contribution >= 0.6 is 0 Å². The summed E-state index contributed by atoms with van der Waals surface area (Å²) in [5.41, 5.74) is 2.24. The average molecular weight is 695 g/mol. The van der Waals surface area contributed by atoms with E-state index < -0.39 is 18.2 Å². The van der Waals surface area contributed by atoms with Crippen molar-refractivity contribution in [2.75, 3.05) is 56.4 Å². The fourth-order valence-corrected chi connectivity index (χ4v) is 5.65. The van der Waals surface area contributed by atoms with Crippen molar-refractivity contribution in [1.29, 1.82) is 0 Å². The van der Waals surface area contributed by atoms with E-state index in [2.05, 4.69) is 21.1 Å². The molecule has 4 atom stereocenters. The number of rotatable bonds is 8. The molecule has 50 heavy (non-hydrogen) atoms. The third-order valence-electron chi connectivity index (χ3n) is 8.72. The van der Waals surface area contributed by atoms with Crippen LogP contribution in [0.4, 0.5) is 26.7 Å². The second kappa shape index (κ2) is 17.7. The first-order chi connectivity index (χ1) is 23.9. The van der Waals surface area contributed by atoms with Crippen molar-refractivity contribution in [3.05, 3.63) is 59.5 Å². The quantitative estimate of drug-likeness (QED) is 0.224. The molecule has 3 aromatic rings. The van der Waals surface area contributed by atoms with Gasteiger partial charge in [0.25, 0.3) is 5.91 Å². The number of likely N-dealkylation sites (N-methyl/N-ethyl adjacent to an activating group) is 1. The van der Waals surface area contributed by atoms with Crippen molar-refractivity contribution in [3.63, 3.8) is 0 Å². The van der Waals surface area contributed by atoms with Crippen LogP contribution < -0.4 is 25.4 Å². The van der Waals surface area contributed by atoms with Crippen LogP contribution in [-0.4, -0.2) is 96.7 Å². The zero-order valence-corrected chi connectivity index (χ0v) is 29.9. The molecule has 5 amide bonds. The minimum Gasteiger partial charge on any atom is -0.497 e. The highest BCUT2D eigenvalue weighted by molar-refractivity contribution is 6.03. The Morgan fingerprint density at radius 1 is 1.08 bits per heavy atom. The minimum atomic E-state index is -0.556. The number of carbonyl (C=O) groups is 3. The maximum atomic E-state index is 14.4. The van der Waals surface area contributed by atoms with Crippen LogP contribution in [0, 0.1) is 19.8 Å². The molecular formula is C36H50N6O8. The van der Waals surface area contributed by atoms with Gasteiger partial charge in [0.2, 0.25) is 0 Å². The Bertz CT molecular complexity index is 1580. The summed E-state index contributed by atoms with van der Waals surface area (Å²) >= 11 is 0. The molecule has 14 nitrogen and oxygen atoms in total. The Morgan fingerprint density at radius 2 is 1.80 bits per heavy atom. The number of carbonyl (C=O) groups excluding carboxylic acids is 3. The second-order valence-corrected chi connectivity index (χ2v) is 12.8. The van der Waals surface area contributed by atoms with Gasteiger partial charge >= 0.3 is 12.1 Å². The minimum absolute atomic E-state index is 0.211. The van der Waals surface area contributed by atoms with Gasteiger partial charge in [-0.05, 0) is 89.4 Å².